The maximum absolute atomic E-state index is 5.93. The Balaban J connectivity index is 2.35. The lowest BCUT2D eigenvalue weighted by atomic mass is 10.0. The Hall–Kier alpha value is -1.58. The second-order valence-corrected chi connectivity index (χ2v) is 5.14. The fourth-order valence-electron chi connectivity index (χ4n) is 2.42. The average Bonchev–Trinajstić information content (AvgIpc) is 2.52. The van der Waals surface area contributed by atoms with Crippen LogP contribution in [-0.2, 0) is 4.74 Å². The molecule has 1 atom stereocenters. The van der Waals surface area contributed by atoms with E-state index in [9.17, 15) is 0 Å². The first-order valence-corrected chi connectivity index (χ1v) is 7.73. The van der Waals surface area contributed by atoms with Gasteiger partial charge in [0, 0.05) is 23.6 Å². The molecule has 2 rings (SSSR count). The van der Waals surface area contributed by atoms with E-state index < -0.39 is 0 Å². The number of nitrogens with one attached hydrogen (secondary N) is 1. The lowest BCUT2D eigenvalue weighted by Gasteiger charge is -2.20. The van der Waals surface area contributed by atoms with Gasteiger partial charge < -0.3 is 14.8 Å². The zero-order valence-electron chi connectivity index (χ0n) is 13.2. The molecule has 0 amide bonds. The summed E-state index contributed by atoms with van der Waals surface area (Å²) < 4.78 is 11.3. The van der Waals surface area contributed by atoms with Crippen LogP contribution < -0.4 is 10.1 Å². The first kappa shape index (κ1) is 15.8. The Morgan fingerprint density at radius 2 is 1.90 bits per heavy atom. The third-order valence-electron chi connectivity index (χ3n) is 3.57. The van der Waals surface area contributed by atoms with Crippen molar-refractivity contribution in [2.75, 3.05) is 19.9 Å². The van der Waals surface area contributed by atoms with Gasteiger partial charge in [-0.3, -0.25) is 0 Å². The fourth-order valence-corrected chi connectivity index (χ4v) is 2.42. The molecule has 0 bridgehead atoms. The van der Waals surface area contributed by atoms with Gasteiger partial charge in [0.25, 0.3) is 0 Å². The van der Waals surface area contributed by atoms with Crippen LogP contribution in [0.1, 0.15) is 38.8 Å². The summed E-state index contributed by atoms with van der Waals surface area (Å²) in [7, 11) is 0. The topological polar surface area (TPSA) is 30.5 Å². The molecule has 3 nitrogen and oxygen atoms in total. The van der Waals surface area contributed by atoms with Crippen LogP contribution in [0.3, 0.4) is 0 Å². The highest BCUT2D eigenvalue weighted by atomic mass is 16.7. The van der Waals surface area contributed by atoms with Gasteiger partial charge in [-0.15, -0.1) is 0 Å². The number of rotatable bonds is 8. The molecule has 0 aliphatic heterocycles. The van der Waals surface area contributed by atoms with Crippen molar-refractivity contribution in [3.63, 3.8) is 0 Å². The minimum atomic E-state index is 0.256. The van der Waals surface area contributed by atoms with Crippen LogP contribution in [-0.4, -0.2) is 19.9 Å². The summed E-state index contributed by atoms with van der Waals surface area (Å²) in [6.45, 7) is 8.26. The summed E-state index contributed by atoms with van der Waals surface area (Å²) in [6, 6.07) is 12.9. The summed E-state index contributed by atoms with van der Waals surface area (Å²) in [5.74, 6) is 0.928. The molecular formula is C18H25NO2. The highest BCUT2D eigenvalue weighted by molar-refractivity contribution is 5.89. The lowest BCUT2D eigenvalue weighted by molar-refractivity contribution is 0.0225. The lowest BCUT2D eigenvalue weighted by Crippen LogP contribution is -2.20. The Bertz CT molecular complexity index is 568. The molecule has 0 saturated heterocycles. The van der Waals surface area contributed by atoms with Crippen LogP contribution in [0.25, 0.3) is 10.8 Å². The minimum absolute atomic E-state index is 0.256. The van der Waals surface area contributed by atoms with E-state index in [2.05, 4.69) is 43.4 Å². The third-order valence-corrected chi connectivity index (χ3v) is 3.57. The van der Waals surface area contributed by atoms with E-state index in [4.69, 9.17) is 9.47 Å². The average molecular weight is 287 g/mol. The summed E-state index contributed by atoms with van der Waals surface area (Å²) in [6.07, 6.45) is 1.12. The number of hydrogen-bond donors (Lipinski definition) is 1. The molecule has 21 heavy (non-hydrogen) atoms. The molecule has 1 unspecified atom stereocenters. The van der Waals surface area contributed by atoms with Crippen LogP contribution >= 0.6 is 0 Å². The summed E-state index contributed by atoms with van der Waals surface area (Å²) in [5.41, 5.74) is 1.18. The van der Waals surface area contributed by atoms with Crippen molar-refractivity contribution in [1.29, 1.82) is 0 Å². The van der Waals surface area contributed by atoms with E-state index in [0.29, 0.717) is 6.61 Å². The highest BCUT2D eigenvalue weighted by Crippen LogP contribution is 2.33. The quantitative estimate of drug-likeness (QED) is 0.581. The predicted molar refractivity (Wildman–Crippen MR) is 87.8 cm³/mol. The minimum Gasteiger partial charge on any atom is -0.467 e. The Morgan fingerprint density at radius 3 is 2.67 bits per heavy atom. The van der Waals surface area contributed by atoms with Crippen LogP contribution in [0, 0.1) is 0 Å². The van der Waals surface area contributed by atoms with Gasteiger partial charge in [-0.05, 0) is 32.2 Å². The zero-order valence-corrected chi connectivity index (χ0v) is 13.2. The zero-order chi connectivity index (χ0) is 15.1. The molecule has 0 aliphatic rings. The Labute approximate surface area is 127 Å². The SMILES string of the molecule is CCCNC(C)c1ccc2ccccc2c1OCOCC. The van der Waals surface area contributed by atoms with Crippen molar-refractivity contribution in [2.45, 2.75) is 33.2 Å². The molecule has 114 valence electrons. The standard InChI is InChI=1S/C18H25NO2/c1-4-12-19-14(3)16-11-10-15-8-6-7-9-17(15)18(16)21-13-20-5-2/h6-11,14,19H,4-5,12-13H2,1-3H3. The van der Waals surface area contributed by atoms with Crippen LogP contribution in [0.4, 0.5) is 0 Å². The van der Waals surface area contributed by atoms with E-state index in [1.165, 1.54) is 10.9 Å². The molecule has 0 fully saturated rings. The number of benzene rings is 2. The van der Waals surface area contributed by atoms with Crippen LogP contribution in [0.15, 0.2) is 36.4 Å². The van der Waals surface area contributed by atoms with E-state index >= 15 is 0 Å². The molecular weight excluding hydrogens is 262 g/mol. The predicted octanol–water partition coefficient (Wildman–Crippen LogP) is 4.27. The maximum Gasteiger partial charge on any atom is 0.189 e. The molecule has 0 aliphatic carbocycles. The largest absolute Gasteiger partial charge is 0.467 e. The van der Waals surface area contributed by atoms with Gasteiger partial charge in [0.2, 0.25) is 0 Å². The molecule has 0 spiro atoms. The van der Waals surface area contributed by atoms with E-state index in [1.54, 1.807) is 0 Å². The molecule has 0 aromatic heterocycles. The summed E-state index contributed by atoms with van der Waals surface area (Å²) in [5, 5.41) is 5.85. The van der Waals surface area contributed by atoms with Crippen molar-refractivity contribution in [3.05, 3.63) is 42.0 Å². The van der Waals surface area contributed by atoms with Crippen molar-refractivity contribution in [1.82, 2.24) is 5.32 Å². The van der Waals surface area contributed by atoms with Gasteiger partial charge in [0.1, 0.15) is 5.75 Å². The van der Waals surface area contributed by atoms with Crippen molar-refractivity contribution >= 4 is 10.8 Å². The van der Waals surface area contributed by atoms with Crippen LogP contribution in [0.2, 0.25) is 0 Å². The maximum atomic E-state index is 5.93. The van der Waals surface area contributed by atoms with Crippen LogP contribution in [0.5, 0.6) is 5.75 Å². The second-order valence-electron chi connectivity index (χ2n) is 5.14. The molecule has 2 aromatic rings. The van der Waals surface area contributed by atoms with E-state index in [0.717, 1.165) is 24.1 Å². The molecule has 2 aromatic carbocycles. The molecule has 0 heterocycles. The number of fused-ring (bicyclic) bond motifs is 1. The van der Waals surface area contributed by atoms with Crippen molar-refractivity contribution in [2.24, 2.45) is 0 Å². The second kappa shape index (κ2) is 8.01. The highest BCUT2D eigenvalue weighted by Gasteiger charge is 2.14. The van der Waals surface area contributed by atoms with Gasteiger partial charge in [-0.25, -0.2) is 0 Å². The van der Waals surface area contributed by atoms with Gasteiger partial charge in [-0.1, -0.05) is 43.3 Å². The van der Waals surface area contributed by atoms with Gasteiger partial charge in [-0.2, -0.15) is 0 Å². The molecule has 1 N–H and O–H groups in total. The first-order chi connectivity index (χ1) is 10.3. The summed E-state index contributed by atoms with van der Waals surface area (Å²) in [4.78, 5) is 0. The summed E-state index contributed by atoms with van der Waals surface area (Å²) >= 11 is 0. The number of ether oxygens (including phenoxy) is 2. The normalized spacial score (nSPS) is 12.5. The van der Waals surface area contributed by atoms with Gasteiger partial charge in [0.15, 0.2) is 6.79 Å². The van der Waals surface area contributed by atoms with Crippen molar-refractivity contribution in [3.8, 4) is 5.75 Å². The molecule has 0 radical (unpaired) electrons. The van der Waals surface area contributed by atoms with Gasteiger partial charge in [0.05, 0.1) is 0 Å². The van der Waals surface area contributed by atoms with Crippen molar-refractivity contribution < 1.29 is 9.47 Å². The third kappa shape index (κ3) is 3.96. The van der Waals surface area contributed by atoms with Gasteiger partial charge >= 0.3 is 0 Å². The fraction of sp³-hybridized carbons (Fsp3) is 0.444. The Kier molecular flexibility index (Phi) is 6.03. The Morgan fingerprint density at radius 1 is 1.10 bits per heavy atom. The van der Waals surface area contributed by atoms with E-state index in [1.807, 2.05) is 19.1 Å². The number of hydrogen-bond acceptors (Lipinski definition) is 3. The smallest absolute Gasteiger partial charge is 0.189 e. The molecule has 3 heteroatoms. The monoisotopic (exact) mass is 287 g/mol. The van der Waals surface area contributed by atoms with E-state index in [-0.39, 0.29) is 12.8 Å². The first-order valence-electron chi connectivity index (χ1n) is 7.73. The molecule has 0 saturated carbocycles.